The van der Waals surface area contributed by atoms with Gasteiger partial charge in [-0.3, -0.25) is 9.78 Å². The van der Waals surface area contributed by atoms with Crippen LogP contribution in [0.25, 0.3) is 0 Å². The van der Waals surface area contributed by atoms with Gasteiger partial charge in [0.25, 0.3) is 0 Å². The number of aromatic amines is 2. The quantitative estimate of drug-likeness (QED) is 0.752. The molecule has 2 aromatic rings. The van der Waals surface area contributed by atoms with E-state index in [2.05, 4.69) is 40.4 Å². The zero-order valence-corrected chi connectivity index (χ0v) is 12.4. The number of nitrogens with zero attached hydrogens (tertiary/aromatic N) is 1. The molecule has 0 radical (unpaired) electrons. The third-order valence-electron chi connectivity index (χ3n) is 3.00. The van der Waals surface area contributed by atoms with Crippen molar-refractivity contribution in [2.75, 3.05) is 0 Å². The molecular weight excluding hydrogens is 276 g/mol. The smallest absolute Gasteiger partial charge is 0.340 e. The van der Waals surface area contributed by atoms with Crippen LogP contribution in [0.4, 0.5) is 0 Å². The van der Waals surface area contributed by atoms with Crippen LogP contribution in [0, 0.1) is 13.8 Å². The van der Waals surface area contributed by atoms with E-state index in [4.69, 9.17) is 0 Å². The summed E-state index contributed by atoms with van der Waals surface area (Å²) in [4.78, 5) is 27.6. The van der Waals surface area contributed by atoms with Crippen molar-refractivity contribution >= 4 is 17.2 Å². The number of aryl methyl sites for hydroxylation is 3. The van der Waals surface area contributed by atoms with E-state index in [9.17, 15) is 9.59 Å². The van der Waals surface area contributed by atoms with Gasteiger partial charge in [-0.15, -0.1) is 11.3 Å². The molecule has 0 atom stereocenters. The van der Waals surface area contributed by atoms with Crippen LogP contribution in [0.15, 0.2) is 10.9 Å². The maximum Gasteiger partial charge on any atom is 0.340 e. The molecule has 7 heteroatoms. The Kier molecular flexibility index (Phi) is 4.73. The van der Waals surface area contributed by atoms with Crippen LogP contribution in [-0.4, -0.2) is 21.1 Å². The Balaban J connectivity index is 1.70. The fraction of sp³-hybridized carbons (Fsp3) is 0.462. The van der Waals surface area contributed by atoms with Gasteiger partial charge in [-0.2, -0.15) is 5.10 Å². The fourth-order valence-electron chi connectivity index (χ4n) is 2.03. The van der Waals surface area contributed by atoms with Crippen LogP contribution in [0.5, 0.6) is 0 Å². The lowest BCUT2D eigenvalue weighted by molar-refractivity contribution is -0.121. The van der Waals surface area contributed by atoms with Crippen LogP contribution >= 0.6 is 11.3 Å². The van der Waals surface area contributed by atoms with Gasteiger partial charge < -0.3 is 5.32 Å². The van der Waals surface area contributed by atoms with E-state index in [1.165, 1.54) is 15.3 Å². The molecule has 1 amide bonds. The minimum Gasteiger partial charge on any atom is -0.349 e. The summed E-state index contributed by atoms with van der Waals surface area (Å²) in [7, 11) is 0. The molecule has 2 rings (SSSR count). The summed E-state index contributed by atoms with van der Waals surface area (Å²) >= 11 is 1.79. The third-order valence-corrected chi connectivity index (χ3v) is 4.01. The Bertz CT molecular complexity index is 641. The molecule has 0 saturated heterocycles. The Morgan fingerprint density at radius 1 is 1.45 bits per heavy atom. The highest BCUT2D eigenvalue weighted by atomic mass is 32.1. The van der Waals surface area contributed by atoms with Gasteiger partial charge >= 0.3 is 5.69 Å². The average Bonchev–Trinajstić information content (AvgIpc) is 2.93. The molecule has 6 nitrogen and oxygen atoms in total. The fourth-order valence-corrected chi connectivity index (χ4v) is 3.01. The Hall–Kier alpha value is -1.89. The number of thiophene rings is 1. The topological polar surface area (TPSA) is 90.6 Å². The molecule has 0 spiro atoms. The monoisotopic (exact) mass is 294 g/mol. The van der Waals surface area contributed by atoms with Crippen molar-refractivity contribution in [3.63, 3.8) is 0 Å². The van der Waals surface area contributed by atoms with Gasteiger partial charge in [0.2, 0.25) is 5.91 Å². The number of H-pyrrole nitrogens is 2. The van der Waals surface area contributed by atoms with E-state index < -0.39 is 0 Å². The first-order valence-electron chi connectivity index (χ1n) is 6.51. The molecule has 0 bridgehead atoms. The van der Waals surface area contributed by atoms with Crippen molar-refractivity contribution in [2.45, 2.75) is 39.7 Å². The summed E-state index contributed by atoms with van der Waals surface area (Å²) in [5.41, 5.74) is 0.967. The highest BCUT2D eigenvalue weighted by molar-refractivity contribution is 7.12. The number of rotatable bonds is 6. The molecule has 3 N–H and O–H groups in total. The lowest BCUT2D eigenvalue weighted by Gasteiger charge is -2.03. The van der Waals surface area contributed by atoms with Gasteiger partial charge in [-0.1, -0.05) is 0 Å². The van der Waals surface area contributed by atoms with E-state index >= 15 is 0 Å². The van der Waals surface area contributed by atoms with Crippen LogP contribution in [0.2, 0.25) is 0 Å². The Labute approximate surface area is 120 Å². The summed E-state index contributed by atoms with van der Waals surface area (Å²) in [6.45, 7) is 4.45. The minimum atomic E-state index is -0.363. The molecule has 2 heterocycles. The number of carbonyl (C=O) groups is 1. The van der Waals surface area contributed by atoms with Crippen LogP contribution in [-0.2, 0) is 17.8 Å². The molecular formula is C13H18N4O2S. The number of hydrogen-bond donors (Lipinski definition) is 3. The van der Waals surface area contributed by atoms with E-state index in [1.54, 1.807) is 11.3 Å². The highest BCUT2D eigenvalue weighted by Crippen LogP contribution is 2.22. The zero-order valence-electron chi connectivity index (χ0n) is 11.6. The summed E-state index contributed by atoms with van der Waals surface area (Å²) in [5.74, 6) is 0.408. The molecule has 0 saturated carbocycles. The number of amides is 1. The second-order valence-electron chi connectivity index (χ2n) is 4.69. The van der Waals surface area contributed by atoms with Gasteiger partial charge in [0.05, 0.1) is 6.54 Å². The predicted molar refractivity (Wildman–Crippen MR) is 77.8 cm³/mol. The second-order valence-corrected chi connectivity index (χ2v) is 6.15. The molecule has 0 aliphatic carbocycles. The van der Waals surface area contributed by atoms with Crippen LogP contribution < -0.4 is 11.0 Å². The lowest BCUT2D eigenvalue weighted by Crippen LogP contribution is -2.23. The summed E-state index contributed by atoms with van der Waals surface area (Å²) in [5, 5.41) is 8.71. The van der Waals surface area contributed by atoms with Crippen molar-refractivity contribution in [3.05, 3.63) is 37.7 Å². The minimum absolute atomic E-state index is 0.0292. The van der Waals surface area contributed by atoms with Crippen molar-refractivity contribution in [2.24, 2.45) is 0 Å². The van der Waals surface area contributed by atoms with Gasteiger partial charge in [-0.25, -0.2) is 9.89 Å². The summed E-state index contributed by atoms with van der Waals surface area (Å²) in [6, 6.07) is 2.19. The molecule has 0 fully saturated rings. The van der Waals surface area contributed by atoms with E-state index in [1.807, 2.05) is 0 Å². The van der Waals surface area contributed by atoms with Gasteiger partial charge in [0, 0.05) is 16.2 Å². The predicted octanol–water partition coefficient (Wildman–Crippen LogP) is 1.42. The van der Waals surface area contributed by atoms with Crippen molar-refractivity contribution in [3.8, 4) is 0 Å². The molecule has 0 aliphatic rings. The van der Waals surface area contributed by atoms with Crippen LogP contribution in [0.3, 0.4) is 0 Å². The zero-order chi connectivity index (χ0) is 14.5. The first-order valence-corrected chi connectivity index (χ1v) is 7.32. The highest BCUT2D eigenvalue weighted by Gasteiger charge is 2.06. The Morgan fingerprint density at radius 2 is 2.25 bits per heavy atom. The number of nitrogens with one attached hydrogen (secondary N) is 3. The van der Waals surface area contributed by atoms with Gasteiger partial charge in [0.1, 0.15) is 5.82 Å². The van der Waals surface area contributed by atoms with E-state index in [0.717, 1.165) is 12.8 Å². The summed E-state index contributed by atoms with van der Waals surface area (Å²) < 4.78 is 0. The molecule has 0 unspecified atom stereocenters. The SMILES string of the molecule is Cc1cc(CCCC(=O)NCc2n[nH]c(=O)[nH]2)c(C)s1. The van der Waals surface area contributed by atoms with Gasteiger partial charge in [-0.05, 0) is 38.3 Å². The molecule has 2 aromatic heterocycles. The first kappa shape index (κ1) is 14.5. The van der Waals surface area contributed by atoms with E-state index in [-0.39, 0.29) is 18.1 Å². The Morgan fingerprint density at radius 3 is 2.85 bits per heavy atom. The number of hydrogen-bond acceptors (Lipinski definition) is 4. The van der Waals surface area contributed by atoms with Gasteiger partial charge in [0.15, 0.2) is 0 Å². The maximum absolute atomic E-state index is 11.7. The first-order chi connectivity index (χ1) is 9.54. The third kappa shape index (κ3) is 4.06. The molecule has 20 heavy (non-hydrogen) atoms. The number of aromatic nitrogens is 3. The van der Waals surface area contributed by atoms with E-state index in [0.29, 0.717) is 12.2 Å². The van der Waals surface area contributed by atoms with Crippen molar-refractivity contribution in [1.82, 2.24) is 20.5 Å². The molecule has 108 valence electrons. The largest absolute Gasteiger partial charge is 0.349 e. The molecule has 0 aromatic carbocycles. The average molecular weight is 294 g/mol. The van der Waals surface area contributed by atoms with Crippen molar-refractivity contribution in [1.29, 1.82) is 0 Å². The van der Waals surface area contributed by atoms with Crippen LogP contribution in [0.1, 0.15) is 34.0 Å². The van der Waals surface area contributed by atoms with Crippen molar-refractivity contribution < 1.29 is 4.79 Å². The number of carbonyl (C=O) groups excluding carboxylic acids is 1. The second kappa shape index (κ2) is 6.51. The lowest BCUT2D eigenvalue weighted by atomic mass is 10.1. The maximum atomic E-state index is 11.7. The summed E-state index contributed by atoms with van der Waals surface area (Å²) in [6.07, 6.45) is 2.21. The standard InChI is InChI=1S/C13H18N4O2S/c1-8-6-10(9(2)20-8)4-3-5-12(18)14-7-11-15-13(19)17-16-11/h6H,3-5,7H2,1-2H3,(H,14,18)(H2,15,16,17,19). The molecule has 0 aliphatic heterocycles. The normalized spacial score (nSPS) is 10.7.